The number of aliphatic hydroxyl groups excluding tert-OH is 1. The van der Waals surface area contributed by atoms with Crippen molar-refractivity contribution in [2.75, 3.05) is 26.7 Å². The molecule has 0 aliphatic rings. The van der Waals surface area contributed by atoms with Crippen molar-refractivity contribution in [2.45, 2.75) is 12.5 Å². The lowest BCUT2D eigenvalue weighted by atomic mass is 10.1. The molecule has 1 aromatic carbocycles. The fourth-order valence-electron chi connectivity index (χ4n) is 1.48. The Kier molecular flexibility index (Phi) is 5.85. The van der Waals surface area contributed by atoms with E-state index in [-0.39, 0.29) is 0 Å². The van der Waals surface area contributed by atoms with Crippen molar-refractivity contribution >= 4 is 0 Å². The zero-order valence-electron chi connectivity index (χ0n) is 9.65. The van der Waals surface area contributed by atoms with Gasteiger partial charge in [0.25, 0.3) is 0 Å². The van der Waals surface area contributed by atoms with Gasteiger partial charge in [-0.15, -0.1) is 0 Å². The number of para-hydroxylation sites is 1. The van der Waals surface area contributed by atoms with E-state index >= 15 is 0 Å². The topological polar surface area (TPSA) is 67.5 Å². The van der Waals surface area contributed by atoms with Gasteiger partial charge in [-0.25, -0.2) is 0 Å². The summed E-state index contributed by atoms with van der Waals surface area (Å²) >= 11 is 0. The minimum atomic E-state index is -0.460. The van der Waals surface area contributed by atoms with Crippen LogP contribution in [-0.4, -0.2) is 38.0 Å². The fraction of sp³-hybridized carbons (Fsp3) is 0.500. The fourth-order valence-corrected chi connectivity index (χ4v) is 1.48. The summed E-state index contributed by atoms with van der Waals surface area (Å²) in [6.07, 6.45) is 0.416. The van der Waals surface area contributed by atoms with E-state index in [0.717, 1.165) is 18.7 Å². The summed E-state index contributed by atoms with van der Waals surface area (Å²) in [6.45, 7) is 1.63. The first-order valence-corrected chi connectivity index (χ1v) is 5.48. The van der Waals surface area contributed by atoms with E-state index in [2.05, 4.69) is 5.32 Å². The highest BCUT2D eigenvalue weighted by atomic mass is 16.5. The van der Waals surface area contributed by atoms with Gasteiger partial charge < -0.3 is 20.9 Å². The van der Waals surface area contributed by atoms with Gasteiger partial charge in [0.2, 0.25) is 0 Å². The summed E-state index contributed by atoms with van der Waals surface area (Å²) in [7, 11) is 1.67. The molecule has 16 heavy (non-hydrogen) atoms. The number of aliphatic hydroxyl groups is 1. The van der Waals surface area contributed by atoms with Gasteiger partial charge in [-0.2, -0.15) is 0 Å². The van der Waals surface area contributed by atoms with Crippen molar-refractivity contribution in [3.8, 4) is 5.75 Å². The predicted molar refractivity (Wildman–Crippen MR) is 64.6 cm³/mol. The average molecular weight is 224 g/mol. The molecule has 1 rings (SSSR count). The van der Waals surface area contributed by atoms with E-state index in [9.17, 15) is 5.11 Å². The Morgan fingerprint density at radius 1 is 1.44 bits per heavy atom. The second-order valence-corrected chi connectivity index (χ2v) is 3.66. The normalized spacial score (nSPS) is 12.4. The third-order valence-corrected chi connectivity index (χ3v) is 2.42. The molecule has 0 aromatic heterocycles. The highest BCUT2D eigenvalue weighted by Crippen LogP contribution is 2.16. The molecule has 0 spiro atoms. The number of ether oxygens (including phenoxy) is 1. The third-order valence-electron chi connectivity index (χ3n) is 2.42. The molecule has 0 amide bonds. The summed E-state index contributed by atoms with van der Waals surface area (Å²) < 4.78 is 5.25. The molecular weight excluding hydrogens is 204 g/mol. The van der Waals surface area contributed by atoms with Crippen LogP contribution in [-0.2, 0) is 6.42 Å². The van der Waals surface area contributed by atoms with E-state index in [1.165, 1.54) is 5.56 Å². The van der Waals surface area contributed by atoms with E-state index in [4.69, 9.17) is 10.5 Å². The second-order valence-electron chi connectivity index (χ2n) is 3.66. The van der Waals surface area contributed by atoms with Crippen LogP contribution in [0.25, 0.3) is 0 Å². The van der Waals surface area contributed by atoms with Gasteiger partial charge in [0, 0.05) is 13.1 Å². The van der Waals surface area contributed by atoms with Crippen LogP contribution in [0.2, 0.25) is 0 Å². The van der Waals surface area contributed by atoms with Crippen molar-refractivity contribution in [3.05, 3.63) is 29.8 Å². The number of nitrogens with one attached hydrogen (secondary N) is 1. The number of methoxy groups -OCH3 is 1. The molecule has 4 N–H and O–H groups in total. The second kappa shape index (κ2) is 7.22. The van der Waals surface area contributed by atoms with E-state index in [0.29, 0.717) is 13.1 Å². The lowest BCUT2D eigenvalue weighted by molar-refractivity contribution is 0.180. The zero-order valence-corrected chi connectivity index (χ0v) is 9.65. The van der Waals surface area contributed by atoms with Gasteiger partial charge in [0.1, 0.15) is 5.75 Å². The number of rotatable bonds is 7. The monoisotopic (exact) mass is 224 g/mol. The summed E-state index contributed by atoms with van der Waals surface area (Å²) in [5.41, 5.74) is 6.47. The van der Waals surface area contributed by atoms with Crippen molar-refractivity contribution in [2.24, 2.45) is 5.73 Å². The van der Waals surface area contributed by atoms with Crippen LogP contribution in [0.4, 0.5) is 0 Å². The maximum atomic E-state index is 9.24. The van der Waals surface area contributed by atoms with E-state index < -0.39 is 6.10 Å². The van der Waals surface area contributed by atoms with Crippen LogP contribution in [0.1, 0.15) is 5.56 Å². The van der Waals surface area contributed by atoms with Crippen molar-refractivity contribution < 1.29 is 9.84 Å². The minimum absolute atomic E-state index is 0.293. The molecule has 1 unspecified atom stereocenters. The van der Waals surface area contributed by atoms with Gasteiger partial charge in [-0.05, 0) is 24.6 Å². The highest BCUT2D eigenvalue weighted by Gasteiger charge is 2.02. The number of hydrogen-bond acceptors (Lipinski definition) is 4. The standard InChI is InChI=1S/C12H20N2O2/c1-16-12-5-3-2-4-10(12)6-7-14-9-11(15)8-13/h2-5,11,14-15H,6-9,13H2,1H3. The van der Waals surface area contributed by atoms with Crippen LogP contribution in [0.3, 0.4) is 0 Å². The number of benzene rings is 1. The molecule has 0 saturated carbocycles. The number of nitrogens with two attached hydrogens (primary N) is 1. The molecule has 4 heteroatoms. The molecule has 1 atom stereocenters. The van der Waals surface area contributed by atoms with Crippen molar-refractivity contribution in [3.63, 3.8) is 0 Å². The minimum Gasteiger partial charge on any atom is -0.496 e. The SMILES string of the molecule is COc1ccccc1CCNCC(O)CN. The van der Waals surface area contributed by atoms with Gasteiger partial charge in [-0.1, -0.05) is 18.2 Å². The van der Waals surface area contributed by atoms with Crippen molar-refractivity contribution in [1.82, 2.24) is 5.32 Å². The molecule has 0 radical (unpaired) electrons. The zero-order chi connectivity index (χ0) is 11.8. The summed E-state index contributed by atoms with van der Waals surface area (Å²) in [4.78, 5) is 0. The molecule has 0 fully saturated rings. The van der Waals surface area contributed by atoms with Crippen LogP contribution >= 0.6 is 0 Å². The van der Waals surface area contributed by atoms with Crippen LogP contribution < -0.4 is 15.8 Å². The van der Waals surface area contributed by atoms with Gasteiger partial charge in [0.15, 0.2) is 0 Å². The number of hydrogen-bond donors (Lipinski definition) is 3. The molecule has 0 saturated heterocycles. The van der Waals surface area contributed by atoms with Crippen molar-refractivity contribution in [1.29, 1.82) is 0 Å². The molecular formula is C12H20N2O2. The first-order valence-electron chi connectivity index (χ1n) is 5.48. The maximum Gasteiger partial charge on any atom is 0.122 e. The van der Waals surface area contributed by atoms with Crippen LogP contribution in [0.15, 0.2) is 24.3 Å². The molecule has 1 aromatic rings. The average Bonchev–Trinajstić information content (AvgIpc) is 2.34. The lowest BCUT2D eigenvalue weighted by Crippen LogP contribution is -2.33. The van der Waals surface area contributed by atoms with Gasteiger partial charge in [0.05, 0.1) is 13.2 Å². The quantitative estimate of drug-likeness (QED) is 0.577. The first-order chi connectivity index (χ1) is 7.77. The van der Waals surface area contributed by atoms with E-state index in [1.807, 2.05) is 24.3 Å². The molecule has 0 aliphatic heterocycles. The third kappa shape index (κ3) is 4.18. The maximum absolute atomic E-state index is 9.24. The Balaban J connectivity index is 2.31. The largest absolute Gasteiger partial charge is 0.496 e. The summed E-state index contributed by atoms with van der Waals surface area (Å²) in [5.74, 6) is 0.906. The predicted octanol–water partition coefficient (Wildman–Crippen LogP) is 0.147. The lowest BCUT2D eigenvalue weighted by Gasteiger charge is -2.11. The molecule has 90 valence electrons. The van der Waals surface area contributed by atoms with Gasteiger partial charge in [-0.3, -0.25) is 0 Å². The Bertz CT molecular complexity index is 305. The Hall–Kier alpha value is -1.10. The highest BCUT2D eigenvalue weighted by molar-refractivity contribution is 5.33. The Morgan fingerprint density at radius 3 is 2.88 bits per heavy atom. The summed E-state index contributed by atoms with van der Waals surface area (Å²) in [5, 5.41) is 12.4. The van der Waals surface area contributed by atoms with Gasteiger partial charge >= 0.3 is 0 Å². The Morgan fingerprint density at radius 2 is 2.19 bits per heavy atom. The van der Waals surface area contributed by atoms with Crippen LogP contribution in [0.5, 0.6) is 5.75 Å². The molecule has 0 bridgehead atoms. The van der Waals surface area contributed by atoms with Crippen LogP contribution in [0, 0.1) is 0 Å². The smallest absolute Gasteiger partial charge is 0.122 e. The summed E-state index contributed by atoms with van der Waals surface area (Å²) in [6, 6.07) is 7.93. The first kappa shape index (κ1) is 13.0. The molecule has 4 nitrogen and oxygen atoms in total. The molecule has 0 aliphatic carbocycles. The molecule has 0 heterocycles. The Labute approximate surface area is 96.4 Å². The van der Waals surface area contributed by atoms with E-state index in [1.54, 1.807) is 7.11 Å².